The second-order valence-corrected chi connectivity index (χ2v) is 7.18. The number of rotatable bonds is 9. The van der Waals surface area contributed by atoms with Crippen LogP contribution in [-0.2, 0) is 9.53 Å². The van der Waals surface area contributed by atoms with E-state index in [1.807, 2.05) is 4.90 Å². The van der Waals surface area contributed by atoms with E-state index in [4.69, 9.17) is 4.74 Å². The highest BCUT2D eigenvalue weighted by molar-refractivity contribution is 5.84. The normalized spacial score (nSPS) is 24.4. The van der Waals surface area contributed by atoms with Crippen molar-refractivity contribution in [2.24, 2.45) is 17.8 Å². The number of nitrogens with one attached hydrogen (secondary N) is 1. The molecule has 1 N–H and O–H groups in total. The summed E-state index contributed by atoms with van der Waals surface area (Å²) in [5.74, 6) is 1.75. The second-order valence-electron chi connectivity index (χ2n) is 7.18. The maximum Gasteiger partial charge on any atom is 0.241 e. The third kappa shape index (κ3) is 5.59. The first-order valence-corrected chi connectivity index (χ1v) is 8.51. The molecule has 0 saturated carbocycles. The Morgan fingerprint density at radius 2 is 1.86 bits per heavy atom. The lowest BCUT2D eigenvalue weighted by Crippen LogP contribution is -2.40. The van der Waals surface area contributed by atoms with E-state index in [0.717, 1.165) is 19.4 Å². The Morgan fingerprint density at radius 3 is 2.38 bits per heavy atom. The van der Waals surface area contributed by atoms with Gasteiger partial charge in [0.1, 0.15) is 0 Å². The minimum Gasteiger partial charge on any atom is -0.379 e. The minimum atomic E-state index is -0.0242. The largest absolute Gasteiger partial charge is 0.379 e. The van der Waals surface area contributed by atoms with E-state index in [-0.39, 0.29) is 18.1 Å². The summed E-state index contributed by atoms with van der Waals surface area (Å²) >= 11 is 0. The molecular weight excluding hydrogens is 264 g/mol. The van der Waals surface area contributed by atoms with E-state index >= 15 is 0 Å². The van der Waals surface area contributed by atoms with Crippen LogP contribution < -0.4 is 5.32 Å². The smallest absolute Gasteiger partial charge is 0.241 e. The van der Waals surface area contributed by atoms with Crippen molar-refractivity contribution in [3.05, 3.63) is 0 Å². The van der Waals surface area contributed by atoms with Crippen LogP contribution in [0.25, 0.3) is 0 Å². The number of hydrogen-bond donors (Lipinski definition) is 1. The molecule has 0 radical (unpaired) electrons. The predicted molar refractivity (Wildman–Crippen MR) is 87.0 cm³/mol. The molecule has 1 aliphatic heterocycles. The molecule has 4 nitrogen and oxygen atoms in total. The summed E-state index contributed by atoms with van der Waals surface area (Å²) in [5, 5.41) is 3.54. The SMILES string of the molecule is CCC(C)C1NC(CC(C)C)N(CCOCC(C)C)C1=O. The molecule has 0 spiro atoms. The quantitative estimate of drug-likeness (QED) is 0.666. The molecule has 1 amide bonds. The van der Waals surface area contributed by atoms with E-state index in [0.29, 0.717) is 30.9 Å². The van der Waals surface area contributed by atoms with E-state index in [1.54, 1.807) is 0 Å². The lowest BCUT2D eigenvalue weighted by molar-refractivity contribution is -0.131. The topological polar surface area (TPSA) is 41.6 Å². The fourth-order valence-electron chi connectivity index (χ4n) is 2.73. The second kappa shape index (κ2) is 8.74. The van der Waals surface area contributed by atoms with Gasteiger partial charge in [0.2, 0.25) is 5.91 Å². The number of carbonyl (C=O) groups is 1. The van der Waals surface area contributed by atoms with Gasteiger partial charge >= 0.3 is 0 Å². The van der Waals surface area contributed by atoms with Gasteiger partial charge in [-0.2, -0.15) is 0 Å². The van der Waals surface area contributed by atoms with Crippen molar-refractivity contribution in [2.45, 2.75) is 66.6 Å². The van der Waals surface area contributed by atoms with Crippen LogP contribution in [0.2, 0.25) is 0 Å². The molecule has 0 aromatic rings. The Balaban J connectivity index is 2.59. The maximum absolute atomic E-state index is 12.6. The highest BCUT2D eigenvalue weighted by atomic mass is 16.5. The van der Waals surface area contributed by atoms with Crippen LogP contribution in [-0.4, -0.2) is 42.8 Å². The van der Waals surface area contributed by atoms with E-state index in [1.165, 1.54) is 0 Å². The molecule has 0 bridgehead atoms. The van der Waals surface area contributed by atoms with Crippen molar-refractivity contribution in [2.75, 3.05) is 19.8 Å². The van der Waals surface area contributed by atoms with E-state index < -0.39 is 0 Å². The third-order valence-corrected chi connectivity index (χ3v) is 4.13. The van der Waals surface area contributed by atoms with Crippen LogP contribution in [0, 0.1) is 17.8 Å². The number of ether oxygens (including phenoxy) is 1. The Labute approximate surface area is 130 Å². The Hall–Kier alpha value is -0.610. The predicted octanol–water partition coefficient (Wildman–Crippen LogP) is 2.88. The van der Waals surface area contributed by atoms with Gasteiger partial charge in [0.25, 0.3) is 0 Å². The first kappa shape index (κ1) is 18.4. The van der Waals surface area contributed by atoms with Gasteiger partial charge in [0, 0.05) is 13.2 Å². The molecule has 1 heterocycles. The number of nitrogens with zero attached hydrogens (tertiary/aromatic N) is 1. The highest BCUT2D eigenvalue weighted by Gasteiger charge is 2.40. The summed E-state index contributed by atoms with van der Waals surface area (Å²) in [4.78, 5) is 14.6. The molecule has 21 heavy (non-hydrogen) atoms. The van der Waals surface area contributed by atoms with Crippen LogP contribution in [0.1, 0.15) is 54.4 Å². The number of amides is 1. The Bertz CT molecular complexity index is 318. The lowest BCUT2D eigenvalue weighted by Gasteiger charge is -2.25. The number of hydrogen-bond acceptors (Lipinski definition) is 3. The van der Waals surface area contributed by atoms with Gasteiger partial charge in [-0.3, -0.25) is 10.1 Å². The fraction of sp³-hybridized carbons (Fsp3) is 0.941. The van der Waals surface area contributed by atoms with Crippen molar-refractivity contribution >= 4 is 5.91 Å². The van der Waals surface area contributed by atoms with Crippen molar-refractivity contribution in [3.63, 3.8) is 0 Å². The zero-order valence-corrected chi connectivity index (χ0v) is 14.7. The Morgan fingerprint density at radius 1 is 1.19 bits per heavy atom. The summed E-state index contributed by atoms with van der Waals surface area (Å²) < 4.78 is 5.66. The summed E-state index contributed by atoms with van der Waals surface area (Å²) in [5.41, 5.74) is 0. The van der Waals surface area contributed by atoms with Crippen molar-refractivity contribution < 1.29 is 9.53 Å². The summed E-state index contributed by atoms with van der Waals surface area (Å²) in [7, 11) is 0. The van der Waals surface area contributed by atoms with Gasteiger partial charge in [-0.1, -0.05) is 48.0 Å². The van der Waals surface area contributed by atoms with E-state index in [2.05, 4.69) is 46.9 Å². The van der Waals surface area contributed by atoms with Gasteiger partial charge in [-0.05, 0) is 24.2 Å². The van der Waals surface area contributed by atoms with Gasteiger partial charge < -0.3 is 9.64 Å². The number of carbonyl (C=O) groups excluding carboxylic acids is 1. The maximum atomic E-state index is 12.6. The average molecular weight is 298 g/mol. The van der Waals surface area contributed by atoms with Gasteiger partial charge in [0.05, 0.1) is 18.8 Å². The molecule has 0 aromatic carbocycles. The molecule has 1 saturated heterocycles. The third-order valence-electron chi connectivity index (χ3n) is 4.13. The summed E-state index contributed by atoms with van der Waals surface area (Å²) in [6.07, 6.45) is 2.19. The monoisotopic (exact) mass is 298 g/mol. The van der Waals surface area contributed by atoms with E-state index in [9.17, 15) is 4.79 Å². The standard InChI is InChI=1S/C17H34N2O2/c1-7-14(6)16-17(20)19(8-9-21-11-13(4)5)15(18-16)10-12(2)3/h12-16,18H,7-11H2,1-6H3. The van der Waals surface area contributed by atoms with Gasteiger partial charge in [-0.15, -0.1) is 0 Å². The van der Waals surface area contributed by atoms with Gasteiger partial charge in [0.15, 0.2) is 0 Å². The van der Waals surface area contributed by atoms with Crippen LogP contribution in [0.3, 0.4) is 0 Å². The molecule has 3 unspecified atom stereocenters. The van der Waals surface area contributed by atoms with Crippen LogP contribution in [0.5, 0.6) is 0 Å². The minimum absolute atomic E-state index is 0.0242. The first-order valence-electron chi connectivity index (χ1n) is 8.51. The summed E-state index contributed by atoms with van der Waals surface area (Å²) in [6, 6.07) is -0.0242. The van der Waals surface area contributed by atoms with Crippen LogP contribution in [0.15, 0.2) is 0 Å². The first-order chi connectivity index (χ1) is 9.86. The van der Waals surface area contributed by atoms with Crippen LogP contribution in [0.4, 0.5) is 0 Å². The molecule has 1 rings (SSSR count). The molecule has 4 heteroatoms. The molecule has 0 aliphatic carbocycles. The summed E-state index contributed by atoms with van der Waals surface area (Å²) in [6.45, 7) is 15.1. The van der Waals surface area contributed by atoms with Crippen molar-refractivity contribution in [3.8, 4) is 0 Å². The molecule has 124 valence electrons. The molecule has 3 atom stereocenters. The molecule has 1 aliphatic rings. The van der Waals surface area contributed by atoms with Gasteiger partial charge in [-0.25, -0.2) is 0 Å². The van der Waals surface area contributed by atoms with Crippen LogP contribution >= 0.6 is 0 Å². The fourth-order valence-corrected chi connectivity index (χ4v) is 2.73. The average Bonchev–Trinajstić information content (AvgIpc) is 2.70. The molecule has 0 aromatic heterocycles. The lowest BCUT2D eigenvalue weighted by atomic mass is 9.99. The highest BCUT2D eigenvalue weighted by Crippen LogP contribution is 2.22. The molecular formula is C17H34N2O2. The molecule has 1 fully saturated rings. The van der Waals surface area contributed by atoms with Crippen molar-refractivity contribution in [1.82, 2.24) is 10.2 Å². The Kier molecular flexibility index (Phi) is 7.67. The van der Waals surface area contributed by atoms with Crippen molar-refractivity contribution in [1.29, 1.82) is 0 Å². The zero-order chi connectivity index (χ0) is 16.0. The zero-order valence-electron chi connectivity index (χ0n) is 14.7.